The van der Waals surface area contributed by atoms with E-state index < -0.39 is 9.84 Å². The number of ether oxygens (including phenoxy) is 2. The van der Waals surface area contributed by atoms with E-state index in [2.05, 4.69) is 0 Å². The second-order valence-corrected chi connectivity index (χ2v) is 5.30. The zero-order valence-corrected chi connectivity index (χ0v) is 9.37. The predicted octanol–water partition coefficient (Wildman–Crippen LogP) is 0.733. The minimum absolute atomic E-state index is 0.0757. The van der Waals surface area contributed by atoms with E-state index in [-0.39, 0.29) is 22.8 Å². The van der Waals surface area contributed by atoms with Gasteiger partial charge < -0.3 is 9.47 Å². The van der Waals surface area contributed by atoms with Crippen LogP contribution in [0.2, 0.25) is 0 Å². The molecule has 1 aliphatic heterocycles. The molecule has 84 valence electrons. The van der Waals surface area contributed by atoms with Gasteiger partial charge in [-0.2, -0.15) is 5.26 Å². The van der Waals surface area contributed by atoms with Crippen molar-refractivity contribution >= 4 is 9.84 Å². The number of rotatable bonds is 1. The van der Waals surface area contributed by atoms with Gasteiger partial charge in [0.05, 0.1) is 5.56 Å². The van der Waals surface area contributed by atoms with Crippen LogP contribution in [0, 0.1) is 11.3 Å². The normalized spacial score (nSPS) is 14.2. The minimum atomic E-state index is -3.51. The Bertz CT molecular complexity index is 571. The highest BCUT2D eigenvalue weighted by Gasteiger charge is 2.25. The zero-order chi connectivity index (χ0) is 11.8. The summed E-state index contributed by atoms with van der Waals surface area (Å²) in [6, 6.07) is 4.80. The molecule has 0 aliphatic carbocycles. The van der Waals surface area contributed by atoms with Gasteiger partial charge in [-0.3, -0.25) is 0 Å². The fourth-order valence-electron chi connectivity index (χ4n) is 1.55. The Hall–Kier alpha value is -1.74. The van der Waals surface area contributed by atoms with Crippen molar-refractivity contribution in [2.45, 2.75) is 4.90 Å². The van der Waals surface area contributed by atoms with Crippen LogP contribution in [0.5, 0.6) is 11.5 Å². The van der Waals surface area contributed by atoms with Crippen LogP contribution >= 0.6 is 0 Å². The van der Waals surface area contributed by atoms with Crippen molar-refractivity contribution in [3.05, 3.63) is 17.7 Å². The summed E-state index contributed by atoms with van der Waals surface area (Å²) in [5.41, 5.74) is 0.0757. The Morgan fingerprint density at radius 1 is 1.31 bits per heavy atom. The van der Waals surface area contributed by atoms with Crippen molar-refractivity contribution in [1.82, 2.24) is 0 Å². The molecule has 0 saturated heterocycles. The van der Waals surface area contributed by atoms with Crippen molar-refractivity contribution in [3.63, 3.8) is 0 Å². The third-order valence-electron chi connectivity index (χ3n) is 2.15. The summed E-state index contributed by atoms with van der Waals surface area (Å²) in [6.45, 7) is 0.659. The van der Waals surface area contributed by atoms with Crippen molar-refractivity contribution in [2.24, 2.45) is 0 Å². The summed E-state index contributed by atoms with van der Waals surface area (Å²) >= 11 is 0. The highest BCUT2D eigenvalue weighted by molar-refractivity contribution is 7.90. The Morgan fingerprint density at radius 3 is 2.62 bits per heavy atom. The van der Waals surface area contributed by atoms with Gasteiger partial charge in [0.1, 0.15) is 24.2 Å². The monoisotopic (exact) mass is 239 g/mol. The van der Waals surface area contributed by atoms with Crippen molar-refractivity contribution < 1.29 is 17.9 Å². The molecular weight excluding hydrogens is 230 g/mol. The van der Waals surface area contributed by atoms with E-state index in [9.17, 15) is 8.42 Å². The molecule has 1 aromatic carbocycles. The molecule has 16 heavy (non-hydrogen) atoms. The fraction of sp³-hybridized carbons (Fsp3) is 0.300. The predicted molar refractivity (Wildman–Crippen MR) is 55.3 cm³/mol. The number of hydrogen-bond acceptors (Lipinski definition) is 5. The molecule has 1 aliphatic rings. The summed E-state index contributed by atoms with van der Waals surface area (Å²) in [5, 5.41) is 8.87. The van der Waals surface area contributed by atoms with Crippen LogP contribution in [0.1, 0.15) is 5.56 Å². The smallest absolute Gasteiger partial charge is 0.181 e. The van der Waals surface area contributed by atoms with E-state index in [4.69, 9.17) is 14.7 Å². The van der Waals surface area contributed by atoms with Gasteiger partial charge in [0.15, 0.2) is 21.3 Å². The van der Waals surface area contributed by atoms with E-state index >= 15 is 0 Å². The third kappa shape index (κ3) is 1.70. The molecule has 0 N–H and O–H groups in total. The molecule has 0 amide bonds. The minimum Gasteiger partial charge on any atom is -0.486 e. The lowest BCUT2D eigenvalue weighted by atomic mass is 10.2. The second-order valence-electron chi connectivity index (χ2n) is 3.35. The van der Waals surface area contributed by atoms with Crippen molar-refractivity contribution in [2.75, 3.05) is 19.5 Å². The summed E-state index contributed by atoms with van der Waals surface area (Å²) in [7, 11) is -3.51. The summed E-state index contributed by atoms with van der Waals surface area (Å²) in [5.74, 6) is 0.512. The lowest BCUT2D eigenvalue weighted by Gasteiger charge is -2.20. The Morgan fingerprint density at radius 2 is 2.00 bits per heavy atom. The van der Waals surface area contributed by atoms with Crippen LogP contribution in [0.25, 0.3) is 0 Å². The first kappa shape index (κ1) is 10.8. The van der Waals surface area contributed by atoms with Gasteiger partial charge in [-0.25, -0.2) is 8.42 Å². The molecule has 1 heterocycles. The molecule has 6 heteroatoms. The van der Waals surface area contributed by atoms with Gasteiger partial charge in [-0.1, -0.05) is 0 Å². The standard InChI is InChI=1S/C10H9NO4S/c1-16(12,13)10-7(6-11)2-3-8-9(10)15-5-4-14-8/h2-3H,4-5H2,1H3. The van der Waals surface area contributed by atoms with E-state index in [0.29, 0.717) is 12.4 Å². The second kappa shape index (κ2) is 3.68. The van der Waals surface area contributed by atoms with E-state index in [0.717, 1.165) is 6.26 Å². The van der Waals surface area contributed by atoms with Crippen molar-refractivity contribution in [3.8, 4) is 17.6 Å². The molecule has 0 fully saturated rings. The van der Waals surface area contributed by atoms with Crippen LogP contribution in [0.3, 0.4) is 0 Å². The molecule has 0 atom stereocenters. The largest absolute Gasteiger partial charge is 0.486 e. The molecule has 0 saturated carbocycles. The van der Waals surface area contributed by atoms with Gasteiger partial charge in [0.2, 0.25) is 0 Å². The average molecular weight is 239 g/mol. The van der Waals surface area contributed by atoms with Crippen LogP contribution in [0.15, 0.2) is 17.0 Å². The third-order valence-corrected chi connectivity index (χ3v) is 3.30. The molecule has 0 bridgehead atoms. The number of benzene rings is 1. The molecule has 5 nitrogen and oxygen atoms in total. The van der Waals surface area contributed by atoms with E-state index in [1.165, 1.54) is 6.07 Å². The van der Waals surface area contributed by atoms with E-state index in [1.807, 2.05) is 6.07 Å². The lowest BCUT2D eigenvalue weighted by Crippen LogP contribution is -2.18. The maximum Gasteiger partial charge on any atom is 0.181 e. The topological polar surface area (TPSA) is 76.4 Å². The maximum atomic E-state index is 11.6. The van der Waals surface area contributed by atoms with Gasteiger partial charge in [0, 0.05) is 6.26 Å². The average Bonchev–Trinajstić information content (AvgIpc) is 2.26. The molecule has 0 aromatic heterocycles. The Kier molecular flexibility index (Phi) is 2.48. The van der Waals surface area contributed by atoms with Crippen LogP contribution < -0.4 is 9.47 Å². The zero-order valence-electron chi connectivity index (χ0n) is 8.56. The quantitative estimate of drug-likeness (QED) is 0.722. The first-order valence-electron chi connectivity index (χ1n) is 4.57. The number of nitriles is 1. The molecule has 2 rings (SSSR count). The number of nitrogens with zero attached hydrogens (tertiary/aromatic N) is 1. The maximum absolute atomic E-state index is 11.6. The van der Waals surface area contributed by atoms with Crippen LogP contribution in [-0.4, -0.2) is 27.9 Å². The van der Waals surface area contributed by atoms with Crippen LogP contribution in [0.4, 0.5) is 0 Å². The first-order chi connectivity index (χ1) is 7.54. The Balaban J connectivity index is 2.77. The molecule has 0 unspecified atom stereocenters. The summed E-state index contributed by atoms with van der Waals surface area (Å²) < 4.78 is 33.7. The highest BCUT2D eigenvalue weighted by Crippen LogP contribution is 2.38. The number of fused-ring (bicyclic) bond motifs is 1. The van der Waals surface area contributed by atoms with E-state index in [1.54, 1.807) is 6.07 Å². The number of sulfone groups is 1. The number of hydrogen-bond donors (Lipinski definition) is 0. The molecular formula is C10H9NO4S. The molecule has 0 radical (unpaired) electrons. The van der Waals surface area contributed by atoms with Crippen LogP contribution in [-0.2, 0) is 9.84 Å². The van der Waals surface area contributed by atoms with Crippen molar-refractivity contribution in [1.29, 1.82) is 5.26 Å². The first-order valence-corrected chi connectivity index (χ1v) is 6.46. The SMILES string of the molecule is CS(=O)(=O)c1c(C#N)ccc2c1OCCO2. The molecule has 1 aromatic rings. The summed E-state index contributed by atoms with van der Waals surface area (Å²) in [6.07, 6.45) is 1.04. The molecule has 0 spiro atoms. The highest BCUT2D eigenvalue weighted by atomic mass is 32.2. The fourth-order valence-corrected chi connectivity index (χ4v) is 2.56. The van der Waals surface area contributed by atoms with Gasteiger partial charge in [-0.05, 0) is 12.1 Å². The van der Waals surface area contributed by atoms with Gasteiger partial charge in [0.25, 0.3) is 0 Å². The van der Waals surface area contributed by atoms with Gasteiger partial charge in [-0.15, -0.1) is 0 Å². The summed E-state index contributed by atoms with van der Waals surface area (Å²) in [4.78, 5) is -0.0906. The lowest BCUT2D eigenvalue weighted by molar-refractivity contribution is 0.167. The van der Waals surface area contributed by atoms with Gasteiger partial charge >= 0.3 is 0 Å². The Labute approximate surface area is 93.1 Å².